The van der Waals surface area contributed by atoms with E-state index in [1.165, 1.54) is 5.57 Å². The van der Waals surface area contributed by atoms with Gasteiger partial charge in [0.05, 0.1) is 12.7 Å². The van der Waals surface area contributed by atoms with Crippen LogP contribution in [0.25, 0.3) is 0 Å². The van der Waals surface area contributed by atoms with Crippen LogP contribution >= 0.6 is 0 Å². The molecule has 3 fully saturated rings. The van der Waals surface area contributed by atoms with Crippen LogP contribution in [0, 0.1) is 34.5 Å². The monoisotopic (exact) mass is 488 g/mol. The summed E-state index contributed by atoms with van der Waals surface area (Å²) >= 11 is 0. The second-order valence-corrected chi connectivity index (χ2v) is 11.5. The summed E-state index contributed by atoms with van der Waals surface area (Å²) in [5.74, 6) is 0.0617. The van der Waals surface area contributed by atoms with Crippen molar-refractivity contribution in [3.05, 3.63) is 23.8 Å². The number of allylic oxidation sites excluding steroid dienone is 4. The lowest BCUT2D eigenvalue weighted by Gasteiger charge is -2.61. The number of aliphatic hydroxyl groups excluding tert-OH is 2. The molecule has 4 aliphatic carbocycles. The second-order valence-electron chi connectivity index (χ2n) is 11.5. The van der Waals surface area contributed by atoms with Gasteiger partial charge in [-0.1, -0.05) is 56.1 Å². The number of carbonyl (C=O) groups excluding carboxylic acids is 1. The average Bonchev–Trinajstić information content (AvgIpc) is 3.10. The molecule has 4 aliphatic rings. The first-order valence-electron chi connectivity index (χ1n) is 13.0. The summed E-state index contributed by atoms with van der Waals surface area (Å²) in [4.78, 5) is 12.9. The van der Waals surface area contributed by atoms with Crippen molar-refractivity contribution >= 4 is 17.4 Å². The Bertz CT molecular complexity index is 973. The molecular formula is C27H40N2O6. The summed E-state index contributed by atoms with van der Waals surface area (Å²) in [7, 11) is 0. The van der Waals surface area contributed by atoms with Gasteiger partial charge in [0, 0.05) is 23.2 Å². The molecule has 0 aliphatic heterocycles. The van der Waals surface area contributed by atoms with E-state index in [0.29, 0.717) is 25.0 Å². The summed E-state index contributed by atoms with van der Waals surface area (Å²) in [6, 6.07) is 0. The zero-order chi connectivity index (χ0) is 25.6. The number of oxime groups is 2. The van der Waals surface area contributed by atoms with Crippen molar-refractivity contribution < 1.29 is 30.2 Å². The van der Waals surface area contributed by atoms with Gasteiger partial charge in [-0.3, -0.25) is 4.79 Å². The fourth-order valence-electron chi connectivity index (χ4n) is 8.32. The van der Waals surface area contributed by atoms with Crippen LogP contribution in [-0.4, -0.2) is 56.3 Å². The van der Waals surface area contributed by atoms with Gasteiger partial charge in [-0.2, -0.15) is 0 Å². The minimum absolute atomic E-state index is 0.0465. The van der Waals surface area contributed by atoms with Crippen molar-refractivity contribution in [3.8, 4) is 0 Å². The summed E-state index contributed by atoms with van der Waals surface area (Å²) < 4.78 is 6.16. The Morgan fingerprint density at radius 3 is 2.66 bits per heavy atom. The molecule has 194 valence electrons. The second kappa shape index (κ2) is 9.36. The standard InChI is InChI=1S/C27H40N2O6/c1-5-6-7-23(32)35-27(22(15-30)29-34)11-9-19-18-12-16(2)20-13-17(28-33)8-10-25(20,3)24(18)21(31)14-26(19,27)4/h8,10,13,16,18-19,21,24,30-31,33-34H,5-7,9,11-12,14-15H2,1-4H3/b28-17?,29-22+/t16-,18-,19-,21-,24+,25-,26-,27-/m0/s1. The smallest absolute Gasteiger partial charge is 0.306 e. The lowest BCUT2D eigenvalue weighted by atomic mass is 9.44. The van der Waals surface area contributed by atoms with Crippen molar-refractivity contribution in [2.45, 2.75) is 84.3 Å². The van der Waals surface area contributed by atoms with Crippen LogP contribution in [0.2, 0.25) is 0 Å². The van der Waals surface area contributed by atoms with E-state index in [1.807, 2.05) is 26.0 Å². The zero-order valence-electron chi connectivity index (χ0n) is 21.3. The molecule has 4 N–H and O–H groups in total. The number of hydrogen-bond acceptors (Lipinski definition) is 8. The fourth-order valence-corrected chi connectivity index (χ4v) is 8.32. The highest BCUT2D eigenvalue weighted by atomic mass is 16.6. The number of ether oxygens (including phenoxy) is 1. The van der Waals surface area contributed by atoms with Gasteiger partial charge in [0.15, 0.2) is 5.60 Å². The lowest BCUT2D eigenvalue weighted by molar-refractivity contribution is -0.182. The number of fused-ring (bicyclic) bond motifs is 5. The van der Waals surface area contributed by atoms with Crippen LogP contribution in [0.3, 0.4) is 0 Å². The maximum absolute atomic E-state index is 12.9. The van der Waals surface area contributed by atoms with Crippen molar-refractivity contribution in [3.63, 3.8) is 0 Å². The third-order valence-electron chi connectivity index (χ3n) is 9.82. The Hall–Kier alpha value is -2.19. The maximum atomic E-state index is 12.9. The molecule has 0 radical (unpaired) electrons. The summed E-state index contributed by atoms with van der Waals surface area (Å²) in [5.41, 5.74) is -0.575. The fraction of sp³-hybridized carbons (Fsp3) is 0.741. The molecule has 3 saturated carbocycles. The number of rotatable bonds is 6. The third kappa shape index (κ3) is 3.75. The summed E-state index contributed by atoms with van der Waals surface area (Å²) in [5, 5.41) is 47.8. The number of carbonyl (C=O) groups is 1. The molecule has 0 amide bonds. The van der Waals surface area contributed by atoms with Crippen molar-refractivity contribution in [1.29, 1.82) is 0 Å². The van der Waals surface area contributed by atoms with E-state index in [0.717, 1.165) is 19.3 Å². The predicted octanol–water partition coefficient (Wildman–Crippen LogP) is 4.07. The largest absolute Gasteiger partial charge is 0.452 e. The van der Waals surface area contributed by atoms with Gasteiger partial charge >= 0.3 is 5.97 Å². The van der Waals surface area contributed by atoms with Gasteiger partial charge in [-0.25, -0.2) is 0 Å². The number of hydrogen-bond donors (Lipinski definition) is 4. The molecule has 0 unspecified atom stereocenters. The van der Waals surface area contributed by atoms with Crippen LogP contribution < -0.4 is 0 Å². The lowest BCUT2D eigenvalue weighted by Crippen LogP contribution is -2.63. The molecular weight excluding hydrogens is 448 g/mol. The van der Waals surface area contributed by atoms with Gasteiger partial charge < -0.3 is 25.4 Å². The van der Waals surface area contributed by atoms with Crippen LogP contribution in [0.1, 0.15) is 72.6 Å². The normalized spacial score (nSPS) is 43.8. The Kier molecular flexibility index (Phi) is 6.92. The zero-order valence-corrected chi connectivity index (χ0v) is 21.3. The molecule has 35 heavy (non-hydrogen) atoms. The van der Waals surface area contributed by atoms with E-state index in [1.54, 1.807) is 0 Å². The van der Waals surface area contributed by atoms with Gasteiger partial charge in [0.2, 0.25) is 0 Å². The van der Waals surface area contributed by atoms with Crippen LogP contribution in [0.15, 0.2) is 34.1 Å². The van der Waals surface area contributed by atoms with Gasteiger partial charge in [-0.05, 0) is 62.0 Å². The van der Waals surface area contributed by atoms with E-state index >= 15 is 0 Å². The highest BCUT2D eigenvalue weighted by Crippen LogP contribution is 2.68. The van der Waals surface area contributed by atoms with Crippen molar-refractivity contribution in [2.75, 3.05) is 6.61 Å². The first kappa shape index (κ1) is 25.9. The van der Waals surface area contributed by atoms with Crippen LogP contribution in [0.5, 0.6) is 0 Å². The highest BCUT2D eigenvalue weighted by Gasteiger charge is 2.70. The Balaban J connectivity index is 1.76. The van der Waals surface area contributed by atoms with Gasteiger partial charge in [0.25, 0.3) is 0 Å². The van der Waals surface area contributed by atoms with Crippen LogP contribution in [-0.2, 0) is 9.53 Å². The molecule has 8 heteroatoms. The van der Waals surface area contributed by atoms with E-state index in [4.69, 9.17) is 4.74 Å². The molecule has 0 heterocycles. The SMILES string of the molecule is CCCCC(=O)O[C@]1(/C(CO)=N/O)CC[C@H]2[C@@H]3C[C@H](C)C4=CC(=NO)C=C[C@]4(C)[C@H]3[C@@H](O)C[C@@]21C. The van der Waals surface area contributed by atoms with Gasteiger partial charge in [0.1, 0.15) is 11.4 Å². The first-order chi connectivity index (χ1) is 16.6. The van der Waals surface area contributed by atoms with Crippen molar-refractivity contribution in [1.82, 2.24) is 0 Å². The van der Waals surface area contributed by atoms with E-state index in [-0.39, 0.29) is 47.2 Å². The molecule has 0 saturated heterocycles. The number of esters is 1. The van der Waals surface area contributed by atoms with Crippen LogP contribution in [0.4, 0.5) is 0 Å². The molecule has 0 aromatic carbocycles. The number of nitrogens with zero attached hydrogens (tertiary/aromatic N) is 2. The average molecular weight is 489 g/mol. The predicted molar refractivity (Wildman–Crippen MR) is 131 cm³/mol. The number of unbranched alkanes of at least 4 members (excludes halogenated alkanes) is 1. The van der Waals surface area contributed by atoms with Crippen molar-refractivity contribution in [2.24, 2.45) is 44.8 Å². The third-order valence-corrected chi connectivity index (χ3v) is 9.82. The molecule has 4 rings (SSSR count). The quantitative estimate of drug-likeness (QED) is 0.193. The maximum Gasteiger partial charge on any atom is 0.306 e. The topological polar surface area (TPSA) is 132 Å². The molecule has 0 bridgehead atoms. The molecule has 8 nitrogen and oxygen atoms in total. The Morgan fingerprint density at radius 2 is 2.03 bits per heavy atom. The minimum atomic E-state index is -1.25. The molecule has 0 spiro atoms. The van der Waals surface area contributed by atoms with E-state index in [2.05, 4.69) is 30.2 Å². The number of aliphatic hydroxyl groups is 2. The molecule has 0 aromatic heterocycles. The van der Waals surface area contributed by atoms with E-state index in [9.17, 15) is 25.4 Å². The van der Waals surface area contributed by atoms with Gasteiger partial charge in [-0.15, -0.1) is 0 Å². The summed E-state index contributed by atoms with van der Waals surface area (Å²) in [6.07, 6.45) is 9.37. The first-order valence-corrected chi connectivity index (χ1v) is 13.0. The minimum Gasteiger partial charge on any atom is -0.452 e. The molecule has 8 atom stereocenters. The summed E-state index contributed by atoms with van der Waals surface area (Å²) in [6.45, 7) is 7.85. The van der Waals surface area contributed by atoms with E-state index < -0.39 is 23.7 Å². The Morgan fingerprint density at radius 1 is 1.29 bits per heavy atom. The Labute approximate surface area is 207 Å². The molecule has 0 aromatic rings. The highest BCUT2D eigenvalue weighted by molar-refractivity contribution is 6.05.